The number of rotatable bonds is 6. The maximum Gasteiger partial charge on any atom is 0.340 e. The molecule has 26 heavy (non-hydrogen) atoms. The van der Waals surface area contributed by atoms with Crippen molar-refractivity contribution in [1.29, 1.82) is 0 Å². The molecule has 0 saturated heterocycles. The minimum Gasteiger partial charge on any atom is -0.462 e. The molecule has 1 aromatic carbocycles. The van der Waals surface area contributed by atoms with Crippen LogP contribution in [0.1, 0.15) is 44.9 Å². The average molecular weight is 355 g/mol. The van der Waals surface area contributed by atoms with E-state index in [2.05, 4.69) is 9.97 Å². The molecule has 3 rings (SSSR count). The summed E-state index contributed by atoms with van der Waals surface area (Å²) in [6.07, 6.45) is 0. The maximum atomic E-state index is 12.9. The zero-order valence-electron chi connectivity index (χ0n) is 15.0. The minimum atomic E-state index is -0.443. The average Bonchev–Trinajstić information content (AvgIpc) is 3.12. The number of carbonyl (C=O) groups is 2. The lowest BCUT2D eigenvalue weighted by Gasteiger charge is -2.07. The number of esters is 1. The molecule has 0 aliphatic heterocycles. The number of aromatic nitrogens is 3. The van der Waals surface area contributed by atoms with E-state index in [1.807, 2.05) is 24.3 Å². The summed E-state index contributed by atoms with van der Waals surface area (Å²) in [7, 11) is 0. The summed E-state index contributed by atoms with van der Waals surface area (Å²) >= 11 is 0. The fraction of sp³-hybridized carbons (Fsp3) is 0.316. The number of ketones is 1. The van der Waals surface area contributed by atoms with E-state index in [9.17, 15) is 14.7 Å². The topological polar surface area (TPSA) is 97.2 Å². The quantitative estimate of drug-likeness (QED) is 0.523. The molecule has 0 fully saturated rings. The number of aliphatic hydroxyl groups is 1. The second-order valence-corrected chi connectivity index (χ2v) is 6.03. The van der Waals surface area contributed by atoms with E-state index in [1.54, 1.807) is 25.3 Å². The number of Topliss-reactive ketones (excluding diaryl/α,β-unsaturated/α-hetero) is 1. The zero-order chi connectivity index (χ0) is 18.8. The van der Waals surface area contributed by atoms with Crippen molar-refractivity contribution in [3.05, 3.63) is 52.6 Å². The van der Waals surface area contributed by atoms with Crippen LogP contribution in [0.3, 0.4) is 0 Å². The number of aryl methyl sites for hydroxylation is 1. The van der Waals surface area contributed by atoms with E-state index >= 15 is 0 Å². The van der Waals surface area contributed by atoms with Crippen LogP contribution < -0.4 is 0 Å². The summed E-state index contributed by atoms with van der Waals surface area (Å²) in [4.78, 5) is 32.3. The summed E-state index contributed by atoms with van der Waals surface area (Å²) < 4.78 is 6.76. The lowest BCUT2D eigenvalue weighted by atomic mass is 10.1. The molecule has 3 aromatic rings. The molecule has 0 aliphatic rings. The Hall–Kier alpha value is -2.93. The van der Waals surface area contributed by atoms with Crippen molar-refractivity contribution in [2.45, 2.75) is 33.9 Å². The van der Waals surface area contributed by atoms with E-state index in [4.69, 9.17) is 4.74 Å². The number of para-hydroxylation sites is 2. The number of carbonyl (C=O) groups excluding carboxylic acids is 2. The van der Waals surface area contributed by atoms with Crippen LogP contribution in [0, 0.1) is 13.8 Å². The second kappa shape index (κ2) is 7.13. The normalized spacial score (nSPS) is 11.1. The molecule has 2 aromatic heterocycles. The maximum absolute atomic E-state index is 12.9. The van der Waals surface area contributed by atoms with Gasteiger partial charge >= 0.3 is 5.97 Å². The van der Waals surface area contributed by atoms with Crippen LogP contribution in [0.25, 0.3) is 11.0 Å². The summed E-state index contributed by atoms with van der Waals surface area (Å²) in [5.74, 6) is -0.216. The molecule has 136 valence electrons. The van der Waals surface area contributed by atoms with Crippen molar-refractivity contribution in [3.8, 4) is 0 Å². The van der Waals surface area contributed by atoms with Crippen LogP contribution in [0.15, 0.2) is 24.3 Å². The van der Waals surface area contributed by atoms with Crippen LogP contribution in [0.2, 0.25) is 0 Å². The van der Waals surface area contributed by atoms with Gasteiger partial charge < -0.3 is 19.4 Å². The lowest BCUT2D eigenvalue weighted by Crippen LogP contribution is -2.15. The lowest BCUT2D eigenvalue weighted by molar-refractivity contribution is 0.0525. The standard InChI is InChI=1S/C19H21N3O4/c1-4-26-19(25)17-11(2)18(20-12(17)3)15(24)9-22-14-8-6-5-7-13(14)21-16(22)10-23/h5-8,20,23H,4,9-10H2,1-3H3. The van der Waals surface area contributed by atoms with Gasteiger partial charge in [-0.2, -0.15) is 0 Å². The van der Waals surface area contributed by atoms with E-state index in [-0.39, 0.29) is 25.5 Å². The van der Waals surface area contributed by atoms with Gasteiger partial charge in [0.25, 0.3) is 0 Å². The Kier molecular flexibility index (Phi) is 4.90. The number of ether oxygens (including phenoxy) is 1. The van der Waals surface area contributed by atoms with Crippen LogP contribution >= 0.6 is 0 Å². The van der Waals surface area contributed by atoms with Crippen molar-refractivity contribution in [3.63, 3.8) is 0 Å². The SMILES string of the molecule is CCOC(=O)c1c(C)[nH]c(C(=O)Cn2c(CO)nc3ccccc32)c1C. The highest BCUT2D eigenvalue weighted by atomic mass is 16.5. The summed E-state index contributed by atoms with van der Waals surface area (Å²) in [5, 5.41) is 9.57. The summed E-state index contributed by atoms with van der Waals surface area (Å²) in [6, 6.07) is 7.39. The molecule has 0 bridgehead atoms. The number of imidazole rings is 1. The van der Waals surface area contributed by atoms with Gasteiger partial charge in [-0.05, 0) is 38.5 Å². The van der Waals surface area contributed by atoms with Crippen LogP contribution in [-0.2, 0) is 17.9 Å². The van der Waals surface area contributed by atoms with E-state index in [0.717, 1.165) is 11.0 Å². The first-order valence-electron chi connectivity index (χ1n) is 8.42. The summed E-state index contributed by atoms with van der Waals surface area (Å²) in [6.45, 7) is 5.22. The molecular weight excluding hydrogens is 334 g/mol. The number of benzene rings is 1. The van der Waals surface area contributed by atoms with E-state index in [1.165, 1.54) is 0 Å². The monoisotopic (exact) mass is 355 g/mol. The molecule has 0 unspecified atom stereocenters. The third-order valence-electron chi connectivity index (χ3n) is 4.37. The van der Waals surface area contributed by atoms with Gasteiger partial charge in [0.05, 0.1) is 35.4 Å². The van der Waals surface area contributed by atoms with Crippen molar-refractivity contribution >= 4 is 22.8 Å². The molecule has 7 nitrogen and oxygen atoms in total. The van der Waals surface area contributed by atoms with Crippen LogP contribution in [-0.4, -0.2) is 38.0 Å². The number of H-pyrrole nitrogens is 1. The van der Waals surface area contributed by atoms with Crippen molar-refractivity contribution in [1.82, 2.24) is 14.5 Å². The first kappa shape index (κ1) is 17.9. The predicted molar refractivity (Wildman–Crippen MR) is 96.2 cm³/mol. The van der Waals surface area contributed by atoms with Crippen LogP contribution in [0.5, 0.6) is 0 Å². The van der Waals surface area contributed by atoms with Crippen molar-refractivity contribution < 1.29 is 19.4 Å². The van der Waals surface area contributed by atoms with Crippen molar-refractivity contribution in [2.24, 2.45) is 0 Å². The Morgan fingerprint density at radius 1 is 1.27 bits per heavy atom. The smallest absolute Gasteiger partial charge is 0.340 e. The van der Waals surface area contributed by atoms with Crippen molar-refractivity contribution in [2.75, 3.05) is 6.61 Å². The van der Waals surface area contributed by atoms with E-state index < -0.39 is 5.97 Å². The first-order valence-corrected chi connectivity index (χ1v) is 8.42. The van der Waals surface area contributed by atoms with Crippen LogP contribution in [0.4, 0.5) is 0 Å². The van der Waals surface area contributed by atoms with Gasteiger partial charge in [0, 0.05) is 5.69 Å². The Morgan fingerprint density at radius 3 is 2.69 bits per heavy atom. The third-order valence-corrected chi connectivity index (χ3v) is 4.37. The van der Waals surface area contributed by atoms with Gasteiger partial charge in [-0.25, -0.2) is 9.78 Å². The Bertz CT molecular complexity index is 984. The van der Waals surface area contributed by atoms with Gasteiger partial charge in [0.2, 0.25) is 0 Å². The highest BCUT2D eigenvalue weighted by Crippen LogP contribution is 2.22. The highest BCUT2D eigenvalue weighted by Gasteiger charge is 2.24. The predicted octanol–water partition coefficient (Wildman–Crippen LogP) is 2.53. The molecule has 2 heterocycles. The van der Waals surface area contributed by atoms with Gasteiger partial charge in [0.1, 0.15) is 12.4 Å². The first-order chi connectivity index (χ1) is 12.5. The molecule has 0 radical (unpaired) electrons. The van der Waals surface area contributed by atoms with Gasteiger partial charge in [0.15, 0.2) is 5.78 Å². The third kappa shape index (κ3) is 3.01. The Balaban J connectivity index is 1.97. The molecular formula is C19H21N3O4. The number of hydrogen-bond acceptors (Lipinski definition) is 5. The number of aliphatic hydroxyl groups excluding tert-OH is 1. The molecule has 0 spiro atoms. The zero-order valence-corrected chi connectivity index (χ0v) is 15.0. The highest BCUT2D eigenvalue weighted by molar-refractivity contribution is 6.01. The minimum absolute atomic E-state index is 0.0134. The largest absolute Gasteiger partial charge is 0.462 e. The number of aromatic amines is 1. The molecule has 7 heteroatoms. The molecule has 2 N–H and O–H groups in total. The fourth-order valence-electron chi connectivity index (χ4n) is 3.18. The number of nitrogens with zero attached hydrogens (tertiary/aromatic N) is 2. The van der Waals surface area contributed by atoms with Gasteiger partial charge in [-0.1, -0.05) is 12.1 Å². The van der Waals surface area contributed by atoms with E-state index in [0.29, 0.717) is 28.3 Å². The summed E-state index contributed by atoms with van der Waals surface area (Å²) in [5.41, 5.74) is 3.43. The van der Waals surface area contributed by atoms with Gasteiger partial charge in [-0.15, -0.1) is 0 Å². The fourth-order valence-corrected chi connectivity index (χ4v) is 3.18. The molecule has 0 amide bonds. The molecule has 0 saturated carbocycles. The second-order valence-electron chi connectivity index (χ2n) is 6.03. The molecule has 0 atom stereocenters. The molecule has 0 aliphatic carbocycles. The Labute approximate surface area is 150 Å². The number of nitrogens with one attached hydrogen (secondary N) is 1. The van der Waals surface area contributed by atoms with Gasteiger partial charge in [-0.3, -0.25) is 4.79 Å². The number of hydrogen-bond donors (Lipinski definition) is 2. The Morgan fingerprint density at radius 2 is 2.00 bits per heavy atom. The number of fused-ring (bicyclic) bond motifs is 1.